The lowest BCUT2D eigenvalue weighted by atomic mass is 9.78. The second-order valence-electron chi connectivity index (χ2n) is 10.8. The molecule has 2 aliphatic heterocycles. The highest BCUT2D eigenvalue weighted by Gasteiger charge is 2.41. The maximum Gasteiger partial charge on any atom is 0.491 e. The number of esters is 1. The maximum atomic E-state index is 12.7. The van der Waals surface area contributed by atoms with E-state index in [4.69, 9.17) is 14.7 Å². The monoisotopic (exact) mass is 583 g/mol. The number of carbonyl (C=O) groups is 1. The number of pyridine rings is 1. The largest absolute Gasteiger partial charge is 0.491 e. The third-order valence-electron chi connectivity index (χ3n) is 8.48. The minimum Gasteiger partial charge on any atom is -0.420 e. The number of fused-ring (bicyclic) bond motifs is 3. The molecule has 2 fully saturated rings. The Kier molecular flexibility index (Phi) is 7.88. The fourth-order valence-electron chi connectivity index (χ4n) is 6.26. The molecule has 0 spiro atoms. The molecule has 222 valence electrons. The van der Waals surface area contributed by atoms with E-state index in [0.717, 1.165) is 68.0 Å². The molecular formula is C30H32F3N5O4. The number of aromatic amines is 1. The lowest BCUT2D eigenvalue weighted by Gasteiger charge is -2.35. The topological polar surface area (TPSA) is 92.8 Å². The molecular weight excluding hydrogens is 551 g/mol. The summed E-state index contributed by atoms with van der Waals surface area (Å²) >= 11 is 0. The van der Waals surface area contributed by atoms with E-state index in [2.05, 4.69) is 27.1 Å². The summed E-state index contributed by atoms with van der Waals surface area (Å²) in [7, 11) is 3.41. The van der Waals surface area contributed by atoms with E-state index >= 15 is 0 Å². The molecule has 0 unspecified atom stereocenters. The molecule has 0 radical (unpaired) electrons. The average Bonchev–Trinajstić information content (AvgIpc) is 3.49. The van der Waals surface area contributed by atoms with Gasteiger partial charge in [-0.15, -0.1) is 0 Å². The maximum absolute atomic E-state index is 12.7. The van der Waals surface area contributed by atoms with Crippen LogP contribution in [-0.4, -0.2) is 77.9 Å². The van der Waals surface area contributed by atoms with E-state index in [1.807, 2.05) is 10.1 Å². The Labute approximate surface area is 240 Å². The van der Waals surface area contributed by atoms with Crippen molar-refractivity contribution in [1.82, 2.24) is 25.3 Å². The van der Waals surface area contributed by atoms with Crippen molar-refractivity contribution in [2.45, 2.75) is 43.7 Å². The number of hydrogen-bond donors (Lipinski definition) is 1. The van der Waals surface area contributed by atoms with Crippen molar-refractivity contribution in [2.75, 3.05) is 40.4 Å². The standard InChI is InChI=1S/C30H32F3N5O4/c1-40-37-11-7-18(8-12-37)22-15-24-25(16-23(22)19-9-13-38(41-2)14-10-19)27(35-28-26(24)17-34-36-28)20-3-5-21(6-4-20)42-29(39)30(31,32)33/h3-6,15-19H,7-14H2,1-2H3,(H,34,35,36). The fourth-order valence-corrected chi connectivity index (χ4v) is 6.26. The van der Waals surface area contributed by atoms with Crippen molar-refractivity contribution in [1.29, 1.82) is 0 Å². The molecule has 12 heteroatoms. The summed E-state index contributed by atoms with van der Waals surface area (Å²) in [5.41, 5.74) is 4.61. The van der Waals surface area contributed by atoms with Gasteiger partial charge in [-0.05, 0) is 90.4 Å². The highest BCUT2D eigenvalue weighted by atomic mass is 19.4. The quantitative estimate of drug-likeness (QED) is 0.227. The number of H-pyrrole nitrogens is 1. The number of benzene rings is 2. The molecule has 0 atom stereocenters. The third-order valence-corrected chi connectivity index (χ3v) is 8.48. The zero-order valence-corrected chi connectivity index (χ0v) is 23.4. The first-order chi connectivity index (χ1) is 20.2. The molecule has 2 aromatic heterocycles. The first-order valence-electron chi connectivity index (χ1n) is 14.0. The van der Waals surface area contributed by atoms with Crippen LogP contribution in [0.25, 0.3) is 33.1 Å². The highest BCUT2D eigenvalue weighted by molar-refractivity contribution is 6.10. The molecule has 2 saturated heterocycles. The van der Waals surface area contributed by atoms with Gasteiger partial charge in [0, 0.05) is 42.5 Å². The van der Waals surface area contributed by atoms with Crippen LogP contribution in [-0.2, 0) is 14.5 Å². The highest BCUT2D eigenvalue weighted by Crippen LogP contribution is 2.43. The summed E-state index contributed by atoms with van der Waals surface area (Å²) < 4.78 is 42.6. The van der Waals surface area contributed by atoms with E-state index < -0.39 is 12.1 Å². The summed E-state index contributed by atoms with van der Waals surface area (Å²) in [4.78, 5) is 27.2. The Hall–Kier alpha value is -3.58. The van der Waals surface area contributed by atoms with E-state index in [1.165, 1.54) is 23.3 Å². The third kappa shape index (κ3) is 5.59. The van der Waals surface area contributed by atoms with E-state index in [1.54, 1.807) is 32.5 Å². The number of rotatable bonds is 6. The molecule has 42 heavy (non-hydrogen) atoms. The van der Waals surface area contributed by atoms with Crippen LogP contribution in [0.15, 0.2) is 42.6 Å². The van der Waals surface area contributed by atoms with Crippen LogP contribution >= 0.6 is 0 Å². The Morgan fingerprint density at radius 3 is 1.93 bits per heavy atom. The van der Waals surface area contributed by atoms with Crippen LogP contribution in [0.4, 0.5) is 13.2 Å². The molecule has 2 aromatic carbocycles. The summed E-state index contributed by atoms with van der Waals surface area (Å²) in [6.45, 7) is 3.39. The number of aromatic nitrogens is 3. The molecule has 0 saturated carbocycles. The predicted octanol–water partition coefficient (Wildman–Crippen LogP) is 5.73. The number of hydrogen-bond acceptors (Lipinski definition) is 8. The van der Waals surface area contributed by atoms with Crippen molar-refractivity contribution in [3.63, 3.8) is 0 Å². The van der Waals surface area contributed by atoms with Gasteiger partial charge >= 0.3 is 12.1 Å². The first kappa shape index (κ1) is 28.5. The van der Waals surface area contributed by atoms with Crippen LogP contribution < -0.4 is 4.74 Å². The van der Waals surface area contributed by atoms with Crippen molar-refractivity contribution in [2.24, 2.45) is 0 Å². The lowest BCUT2D eigenvalue weighted by Crippen LogP contribution is -2.34. The minimum atomic E-state index is -5.07. The second kappa shape index (κ2) is 11.6. The van der Waals surface area contributed by atoms with Crippen LogP contribution in [0.3, 0.4) is 0 Å². The normalized spacial score (nSPS) is 18.2. The van der Waals surface area contributed by atoms with Gasteiger partial charge in [-0.1, -0.05) is 0 Å². The number of nitrogens with one attached hydrogen (secondary N) is 1. The van der Waals surface area contributed by atoms with Gasteiger partial charge in [0.05, 0.1) is 26.1 Å². The molecule has 4 heterocycles. The lowest BCUT2D eigenvalue weighted by molar-refractivity contribution is -0.189. The number of piperidine rings is 2. The number of hydroxylamine groups is 4. The number of nitrogens with zero attached hydrogens (tertiary/aromatic N) is 4. The number of halogens is 3. The number of alkyl halides is 3. The molecule has 9 nitrogen and oxygen atoms in total. The summed E-state index contributed by atoms with van der Waals surface area (Å²) in [5, 5.41) is 14.1. The molecule has 1 N–H and O–H groups in total. The van der Waals surface area contributed by atoms with Crippen molar-refractivity contribution in [3.05, 3.63) is 53.7 Å². The van der Waals surface area contributed by atoms with E-state index in [0.29, 0.717) is 28.7 Å². The molecule has 0 aliphatic carbocycles. The van der Waals surface area contributed by atoms with Crippen LogP contribution in [0.5, 0.6) is 5.75 Å². The summed E-state index contributed by atoms with van der Waals surface area (Å²) in [6, 6.07) is 10.5. The van der Waals surface area contributed by atoms with E-state index in [-0.39, 0.29) is 5.75 Å². The van der Waals surface area contributed by atoms with Gasteiger partial charge in [0.15, 0.2) is 5.65 Å². The molecule has 2 aliphatic rings. The molecule has 6 rings (SSSR count). The van der Waals surface area contributed by atoms with Crippen molar-refractivity contribution < 1.29 is 32.4 Å². The van der Waals surface area contributed by atoms with E-state index in [9.17, 15) is 18.0 Å². The van der Waals surface area contributed by atoms with Crippen LogP contribution in [0.2, 0.25) is 0 Å². The minimum absolute atomic E-state index is 0.191. The van der Waals surface area contributed by atoms with Gasteiger partial charge in [-0.25, -0.2) is 9.78 Å². The van der Waals surface area contributed by atoms with Gasteiger partial charge in [-0.2, -0.15) is 28.4 Å². The van der Waals surface area contributed by atoms with Gasteiger partial charge in [0.1, 0.15) is 5.75 Å². The summed E-state index contributed by atoms with van der Waals surface area (Å²) in [6.07, 6.45) is 0.581. The van der Waals surface area contributed by atoms with Gasteiger partial charge in [0.25, 0.3) is 0 Å². The van der Waals surface area contributed by atoms with Gasteiger partial charge < -0.3 is 14.4 Å². The number of ether oxygens (including phenoxy) is 1. The summed E-state index contributed by atoms with van der Waals surface area (Å²) in [5.74, 6) is -1.74. The van der Waals surface area contributed by atoms with Crippen molar-refractivity contribution in [3.8, 4) is 17.0 Å². The Morgan fingerprint density at radius 2 is 1.40 bits per heavy atom. The predicted molar refractivity (Wildman–Crippen MR) is 150 cm³/mol. The second-order valence-corrected chi connectivity index (χ2v) is 10.8. The fraction of sp³-hybridized carbons (Fsp3) is 0.433. The Bertz CT molecular complexity index is 1570. The molecule has 0 amide bonds. The van der Waals surface area contributed by atoms with Crippen molar-refractivity contribution >= 4 is 27.8 Å². The molecule has 0 bridgehead atoms. The zero-order valence-electron chi connectivity index (χ0n) is 23.4. The van der Waals surface area contributed by atoms with Crippen LogP contribution in [0.1, 0.15) is 48.6 Å². The zero-order chi connectivity index (χ0) is 29.4. The first-order valence-corrected chi connectivity index (χ1v) is 14.0. The Morgan fingerprint density at radius 1 is 0.857 bits per heavy atom. The SMILES string of the molecule is CON1CCC(c2cc3c(-c4ccc(OC(=O)C(F)(F)F)cc4)nc4[nH]ncc4c3cc2C2CCN(OC)CC2)CC1. The Balaban J connectivity index is 1.45. The smallest absolute Gasteiger partial charge is 0.420 e. The van der Waals surface area contributed by atoms with Gasteiger partial charge in [0.2, 0.25) is 0 Å². The van der Waals surface area contributed by atoms with Gasteiger partial charge in [-0.3, -0.25) is 5.10 Å². The number of carbonyl (C=O) groups excluding carboxylic acids is 1. The van der Waals surface area contributed by atoms with Crippen LogP contribution in [0, 0.1) is 0 Å². The average molecular weight is 584 g/mol. The molecule has 4 aromatic rings.